The standard InChI is InChI=1S/C22H23ClN4O/c1-22(2,3)27-21(25-12-6-7-13-25)17-14-26(15-19(17)24-27)20(28)11-10-16-8-4-5-9-18(16)23/h4-13H,14-15H2,1-3H3/b11-10+. The van der Waals surface area contributed by atoms with Gasteiger partial charge in [0, 0.05) is 29.1 Å². The average molecular weight is 395 g/mol. The van der Waals surface area contributed by atoms with Crippen molar-refractivity contribution in [2.24, 2.45) is 0 Å². The van der Waals surface area contributed by atoms with Crippen molar-refractivity contribution in [3.63, 3.8) is 0 Å². The van der Waals surface area contributed by atoms with Gasteiger partial charge in [0.05, 0.1) is 24.3 Å². The number of halogens is 1. The van der Waals surface area contributed by atoms with E-state index < -0.39 is 0 Å². The van der Waals surface area contributed by atoms with E-state index in [0.717, 1.165) is 22.6 Å². The zero-order valence-corrected chi connectivity index (χ0v) is 17.0. The minimum absolute atomic E-state index is 0.0429. The van der Waals surface area contributed by atoms with Crippen LogP contribution in [0, 0.1) is 0 Å². The highest BCUT2D eigenvalue weighted by molar-refractivity contribution is 6.32. The summed E-state index contributed by atoms with van der Waals surface area (Å²) in [6.07, 6.45) is 7.38. The molecular formula is C22H23ClN4O. The van der Waals surface area contributed by atoms with E-state index in [0.29, 0.717) is 18.1 Å². The van der Waals surface area contributed by atoms with Crippen LogP contribution in [0.1, 0.15) is 37.6 Å². The van der Waals surface area contributed by atoms with E-state index in [4.69, 9.17) is 16.7 Å². The predicted octanol–water partition coefficient (Wildman–Crippen LogP) is 4.64. The molecule has 0 aliphatic carbocycles. The van der Waals surface area contributed by atoms with Crippen LogP contribution in [0.25, 0.3) is 11.9 Å². The highest BCUT2D eigenvalue weighted by atomic mass is 35.5. The summed E-state index contributed by atoms with van der Waals surface area (Å²) >= 11 is 6.17. The van der Waals surface area contributed by atoms with Gasteiger partial charge in [-0.15, -0.1) is 0 Å². The van der Waals surface area contributed by atoms with Crippen molar-refractivity contribution in [1.82, 2.24) is 19.2 Å². The van der Waals surface area contributed by atoms with Crippen molar-refractivity contribution in [1.29, 1.82) is 0 Å². The van der Waals surface area contributed by atoms with E-state index in [1.807, 2.05) is 53.7 Å². The van der Waals surface area contributed by atoms with Crippen molar-refractivity contribution in [2.45, 2.75) is 39.4 Å². The maximum atomic E-state index is 12.7. The van der Waals surface area contributed by atoms with Crippen LogP contribution in [-0.2, 0) is 23.4 Å². The second kappa shape index (κ2) is 6.99. The number of carbonyl (C=O) groups is 1. The van der Waals surface area contributed by atoms with Gasteiger partial charge in [-0.05, 0) is 50.6 Å². The van der Waals surface area contributed by atoms with Gasteiger partial charge in [-0.1, -0.05) is 29.8 Å². The van der Waals surface area contributed by atoms with Gasteiger partial charge >= 0.3 is 0 Å². The van der Waals surface area contributed by atoms with E-state index in [1.54, 1.807) is 12.2 Å². The van der Waals surface area contributed by atoms with Crippen LogP contribution in [0.4, 0.5) is 0 Å². The molecule has 3 aromatic rings. The Hall–Kier alpha value is -2.79. The van der Waals surface area contributed by atoms with Crippen LogP contribution < -0.4 is 0 Å². The van der Waals surface area contributed by atoms with E-state index in [1.165, 1.54) is 0 Å². The second-order valence-corrected chi connectivity index (χ2v) is 8.38. The zero-order valence-electron chi connectivity index (χ0n) is 16.3. The lowest BCUT2D eigenvalue weighted by atomic mass is 10.1. The summed E-state index contributed by atoms with van der Waals surface area (Å²) in [6, 6.07) is 11.5. The lowest BCUT2D eigenvalue weighted by molar-refractivity contribution is -0.126. The van der Waals surface area contributed by atoms with Crippen LogP contribution in [0.3, 0.4) is 0 Å². The number of fused-ring (bicyclic) bond motifs is 1. The first-order chi connectivity index (χ1) is 13.3. The number of aromatic nitrogens is 3. The van der Waals surface area contributed by atoms with Gasteiger partial charge < -0.3 is 9.47 Å². The van der Waals surface area contributed by atoms with Crippen molar-refractivity contribution in [3.8, 4) is 5.82 Å². The number of carbonyl (C=O) groups excluding carboxylic acids is 1. The summed E-state index contributed by atoms with van der Waals surface area (Å²) in [4.78, 5) is 14.5. The highest BCUT2D eigenvalue weighted by Crippen LogP contribution is 2.32. The molecule has 6 heteroatoms. The molecule has 4 rings (SSSR count). The summed E-state index contributed by atoms with van der Waals surface area (Å²) in [7, 11) is 0. The fraction of sp³-hybridized carbons (Fsp3) is 0.273. The fourth-order valence-corrected chi connectivity index (χ4v) is 3.64. The third-order valence-electron chi connectivity index (χ3n) is 4.84. The SMILES string of the molecule is CC(C)(C)n1nc2c(c1-n1cccc1)CN(C(=O)/C=C/c1ccccc1Cl)C2. The normalized spacial score (nSPS) is 14.1. The number of amides is 1. The Morgan fingerprint density at radius 3 is 2.50 bits per heavy atom. The third kappa shape index (κ3) is 3.38. The Labute approximate surface area is 169 Å². The monoisotopic (exact) mass is 394 g/mol. The summed E-state index contributed by atoms with van der Waals surface area (Å²) in [5.41, 5.74) is 2.74. The molecule has 0 unspecified atom stereocenters. The number of nitrogens with zero attached hydrogens (tertiary/aromatic N) is 4. The Morgan fingerprint density at radius 1 is 1.11 bits per heavy atom. The Kier molecular flexibility index (Phi) is 4.63. The summed E-state index contributed by atoms with van der Waals surface area (Å²) in [5.74, 6) is 0.983. The summed E-state index contributed by atoms with van der Waals surface area (Å²) < 4.78 is 4.13. The maximum Gasteiger partial charge on any atom is 0.247 e. The molecule has 0 fully saturated rings. The first-order valence-electron chi connectivity index (χ1n) is 9.31. The first-order valence-corrected chi connectivity index (χ1v) is 9.68. The topological polar surface area (TPSA) is 43.1 Å². The molecule has 1 aliphatic heterocycles. The molecule has 3 heterocycles. The molecule has 2 aromatic heterocycles. The van der Waals surface area contributed by atoms with Gasteiger partial charge in [0.2, 0.25) is 5.91 Å². The Morgan fingerprint density at radius 2 is 1.82 bits per heavy atom. The molecule has 0 atom stereocenters. The largest absolute Gasteiger partial charge is 0.329 e. The van der Waals surface area contributed by atoms with Gasteiger partial charge in [-0.3, -0.25) is 4.79 Å². The predicted molar refractivity (Wildman–Crippen MR) is 111 cm³/mol. The minimum atomic E-state index is -0.150. The molecule has 0 N–H and O–H groups in total. The van der Waals surface area contributed by atoms with Gasteiger partial charge in [-0.2, -0.15) is 5.10 Å². The minimum Gasteiger partial charge on any atom is -0.329 e. The Bertz CT molecular complexity index is 1040. The molecule has 28 heavy (non-hydrogen) atoms. The van der Waals surface area contributed by atoms with Gasteiger partial charge in [-0.25, -0.2) is 4.68 Å². The lowest BCUT2D eigenvalue weighted by Gasteiger charge is -2.24. The molecule has 1 amide bonds. The van der Waals surface area contributed by atoms with Crippen molar-refractivity contribution in [2.75, 3.05) is 0 Å². The van der Waals surface area contributed by atoms with Gasteiger partial charge in [0.15, 0.2) is 0 Å². The molecule has 0 bridgehead atoms. The molecule has 0 spiro atoms. The van der Waals surface area contributed by atoms with Crippen molar-refractivity contribution < 1.29 is 4.79 Å². The molecule has 0 saturated carbocycles. The average Bonchev–Trinajstić information content (AvgIpc) is 3.35. The molecule has 144 valence electrons. The molecule has 0 saturated heterocycles. The van der Waals surface area contributed by atoms with Crippen molar-refractivity contribution >= 4 is 23.6 Å². The highest BCUT2D eigenvalue weighted by Gasteiger charge is 2.32. The molecule has 0 radical (unpaired) electrons. The maximum absolute atomic E-state index is 12.7. The number of benzene rings is 1. The molecule has 1 aliphatic rings. The number of rotatable bonds is 3. The van der Waals surface area contributed by atoms with Crippen LogP contribution in [-0.4, -0.2) is 25.2 Å². The van der Waals surface area contributed by atoms with Crippen LogP contribution >= 0.6 is 11.6 Å². The van der Waals surface area contributed by atoms with Crippen molar-refractivity contribution in [3.05, 3.63) is 76.7 Å². The summed E-state index contributed by atoms with van der Waals surface area (Å²) in [5, 5.41) is 5.47. The quantitative estimate of drug-likeness (QED) is 0.607. The summed E-state index contributed by atoms with van der Waals surface area (Å²) in [6.45, 7) is 7.47. The van der Waals surface area contributed by atoms with E-state index in [-0.39, 0.29) is 11.4 Å². The lowest BCUT2D eigenvalue weighted by Crippen LogP contribution is -2.29. The zero-order chi connectivity index (χ0) is 19.9. The first kappa shape index (κ1) is 18.6. The van der Waals surface area contributed by atoms with Gasteiger partial charge in [0.25, 0.3) is 0 Å². The van der Waals surface area contributed by atoms with Crippen LogP contribution in [0.5, 0.6) is 0 Å². The van der Waals surface area contributed by atoms with E-state index in [2.05, 4.69) is 30.0 Å². The number of hydrogen-bond acceptors (Lipinski definition) is 2. The molecular weight excluding hydrogens is 372 g/mol. The fourth-order valence-electron chi connectivity index (χ4n) is 3.44. The molecule has 5 nitrogen and oxygen atoms in total. The van der Waals surface area contributed by atoms with Crippen LogP contribution in [0.15, 0.2) is 54.9 Å². The Balaban J connectivity index is 1.61. The van der Waals surface area contributed by atoms with Crippen LogP contribution in [0.2, 0.25) is 5.02 Å². The second-order valence-electron chi connectivity index (χ2n) is 7.97. The van der Waals surface area contributed by atoms with Gasteiger partial charge in [0.1, 0.15) is 5.82 Å². The number of hydrogen-bond donors (Lipinski definition) is 0. The third-order valence-corrected chi connectivity index (χ3v) is 5.18. The van der Waals surface area contributed by atoms with E-state index in [9.17, 15) is 4.79 Å². The smallest absolute Gasteiger partial charge is 0.247 e. The van der Waals surface area contributed by atoms with E-state index >= 15 is 0 Å². The molecule has 1 aromatic carbocycles.